The molecule has 1 aromatic carbocycles. The van der Waals surface area contributed by atoms with E-state index in [1.807, 2.05) is 30.3 Å². The highest BCUT2D eigenvalue weighted by molar-refractivity contribution is 7.20. The molecule has 1 fully saturated rings. The van der Waals surface area contributed by atoms with Crippen molar-refractivity contribution in [2.45, 2.75) is 57.7 Å². The van der Waals surface area contributed by atoms with Gasteiger partial charge in [-0.15, -0.1) is 11.3 Å². The van der Waals surface area contributed by atoms with Crippen LogP contribution in [0.1, 0.15) is 53.2 Å². The van der Waals surface area contributed by atoms with Crippen molar-refractivity contribution in [2.24, 2.45) is 0 Å². The number of nitrogens with zero attached hydrogens (tertiary/aromatic N) is 2. The van der Waals surface area contributed by atoms with Crippen LogP contribution in [-0.4, -0.2) is 58.4 Å². The summed E-state index contributed by atoms with van der Waals surface area (Å²) in [7, 11) is 1.32. The van der Waals surface area contributed by atoms with Crippen LogP contribution in [0.25, 0.3) is 10.2 Å². The highest BCUT2D eigenvalue weighted by Crippen LogP contribution is 2.28. The van der Waals surface area contributed by atoms with Gasteiger partial charge in [0.25, 0.3) is 5.56 Å². The molecule has 34 heavy (non-hydrogen) atoms. The summed E-state index contributed by atoms with van der Waals surface area (Å²) in [4.78, 5) is 35.6. The summed E-state index contributed by atoms with van der Waals surface area (Å²) in [6, 6.07) is 9.74. The number of aliphatic hydroxyl groups excluding tert-OH is 1. The zero-order chi connectivity index (χ0) is 24.1. The summed E-state index contributed by atoms with van der Waals surface area (Å²) in [5, 5.41) is 11.2. The third-order valence-electron chi connectivity index (χ3n) is 6.30. The van der Waals surface area contributed by atoms with E-state index in [1.165, 1.54) is 24.9 Å². The summed E-state index contributed by atoms with van der Waals surface area (Å²) in [5.41, 5.74) is 0.324. The van der Waals surface area contributed by atoms with Crippen molar-refractivity contribution in [3.63, 3.8) is 0 Å². The molecule has 0 saturated heterocycles. The van der Waals surface area contributed by atoms with Crippen LogP contribution in [0.4, 0.5) is 0 Å². The Kier molecular flexibility index (Phi) is 7.97. The van der Waals surface area contributed by atoms with Crippen molar-refractivity contribution < 1.29 is 19.4 Å². The van der Waals surface area contributed by atoms with E-state index < -0.39 is 12.1 Å². The van der Waals surface area contributed by atoms with Gasteiger partial charge in [0.1, 0.15) is 34.0 Å². The lowest BCUT2D eigenvalue weighted by Crippen LogP contribution is -2.43. The summed E-state index contributed by atoms with van der Waals surface area (Å²) in [6.07, 6.45) is 4.91. The van der Waals surface area contributed by atoms with E-state index >= 15 is 0 Å². The molecule has 2 aromatic heterocycles. The first kappa shape index (κ1) is 24.4. The first-order valence-electron chi connectivity index (χ1n) is 11.7. The summed E-state index contributed by atoms with van der Waals surface area (Å²) >= 11 is 1.17. The Morgan fingerprint density at radius 3 is 2.71 bits per heavy atom. The zero-order valence-corrected chi connectivity index (χ0v) is 20.4. The Balaban J connectivity index is 1.53. The zero-order valence-electron chi connectivity index (χ0n) is 19.6. The van der Waals surface area contributed by atoms with Gasteiger partial charge >= 0.3 is 5.97 Å². The Bertz CT molecular complexity index is 1170. The number of H-pyrrole nitrogens is 1. The van der Waals surface area contributed by atoms with Crippen molar-refractivity contribution in [3.05, 3.63) is 57.0 Å². The number of hydrogen-bond donors (Lipinski definition) is 2. The second-order valence-corrected chi connectivity index (χ2v) is 9.74. The molecule has 1 atom stereocenters. The molecule has 2 N–H and O–H groups in total. The minimum absolute atomic E-state index is 0.183. The number of aliphatic hydroxyl groups is 1. The van der Waals surface area contributed by atoms with E-state index in [0.29, 0.717) is 45.6 Å². The molecule has 1 aliphatic carbocycles. The molecule has 2 heterocycles. The Hall–Kier alpha value is -2.75. The number of nitrogens with one attached hydrogen (secondary N) is 1. The number of carbonyl (C=O) groups excluding carboxylic acids is 1. The quantitative estimate of drug-likeness (QED) is 0.446. The molecule has 1 saturated carbocycles. The van der Waals surface area contributed by atoms with Gasteiger partial charge in [0, 0.05) is 12.6 Å². The number of rotatable bonds is 9. The average Bonchev–Trinajstić information content (AvgIpc) is 3.19. The maximum absolute atomic E-state index is 12.9. The number of aryl methyl sites for hydroxylation is 1. The molecule has 1 aliphatic rings. The Morgan fingerprint density at radius 2 is 2.00 bits per heavy atom. The molecule has 9 heteroatoms. The van der Waals surface area contributed by atoms with Gasteiger partial charge in [0.05, 0.1) is 19.0 Å². The van der Waals surface area contributed by atoms with Crippen LogP contribution in [0.2, 0.25) is 0 Å². The third kappa shape index (κ3) is 5.65. The molecule has 0 unspecified atom stereocenters. The highest BCUT2D eigenvalue weighted by atomic mass is 32.1. The molecule has 182 valence electrons. The van der Waals surface area contributed by atoms with Crippen molar-refractivity contribution >= 4 is 27.5 Å². The fourth-order valence-electron chi connectivity index (χ4n) is 4.56. The topological polar surface area (TPSA) is 105 Å². The molecule has 0 amide bonds. The Morgan fingerprint density at radius 1 is 1.26 bits per heavy atom. The number of carbonyl (C=O) groups is 1. The van der Waals surface area contributed by atoms with Crippen molar-refractivity contribution in [1.82, 2.24) is 14.9 Å². The van der Waals surface area contributed by atoms with E-state index in [9.17, 15) is 14.7 Å². The number of aromatic nitrogens is 2. The van der Waals surface area contributed by atoms with Gasteiger partial charge in [-0.05, 0) is 37.5 Å². The molecule has 0 radical (unpaired) electrons. The van der Waals surface area contributed by atoms with Crippen LogP contribution in [0, 0.1) is 6.92 Å². The minimum Gasteiger partial charge on any atom is -0.491 e. The fourth-order valence-corrected chi connectivity index (χ4v) is 5.68. The van der Waals surface area contributed by atoms with Gasteiger partial charge in [-0.25, -0.2) is 9.78 Å². The maximum atomic E-state index is 12.9. The molecule has 0 aliphatic heterocycles. The van der Waals surface area contributed by atoms with Gasteiger partial charge in [-0.2, -0.15) is 0 Å². The maximum Gasteiger partial charge on any atom is 0.348 e. The number of ether oxygens (including phenoxy) is 2. The molecule has 3 aromatic rings. The van der Waals surface area contributed by atoms with Crippen molar-refractivity contribution in [2.75, 3.05) is 20.3 Å². The molecule has 0 spiro atoms. The summed E-state index contributed by atoms with van der Waals surface area (Å²) < 4.78 is 10.6. The van der Waals surface area contributed by atoms with Gasteiger partial charge in [-0.3, -0.25) is 9.69 Å². The second kappa shape index (κ2) is 11.1. The van der Waals surface area contributed by atoms with Crippen LogP contribution in [0.3, 0.4) is 0 Å². The molecule has 8 nitrogen and oxygen atoms in total. The second-order valence-electron chi connectivity index (χ2n) is 8.74. The smallest absolute Gasteiger partial charge is 0.348 e. The van der Waals surface area contributed by atoms with Crippen LogP contribution >= 0.6 is 11.3 Å². The van der Waals surface area contributed by atoms with Crippen LogP contribution in [-0.2, 0) is 11.3 Å². The van der Waals surface area contributed by atoms with E-state index in [2.05, 4.69) is 14.9 Å². The van der Waals surface area contributed by atoms with Crippen LogP contribution < -0.4 is 10.3 Å². The lowest BCUT2D eigenvalue weighted by atomic mass is 9.94. The standard InChI is InChI=1S/C25H31N3O5S/c1-16-21-23(30)26-20(27-24(21)34-22(16)25(31)32-2)14-28(17-9-5-3-6-10-17)13-18(29)15-33-19-11-7-4-8-12-19/h4,7-8,11-12,17-18,29H,3,5-6,9-10,13-15H2,1-2H3,(H,26,27,30)/t18-/m0/s1. The summed E-state index contributed by atoms with van der Waals surface area (Å²) in [6.45, 7) is 2.74. The molecule has 0 bridgehead atoms. The van der Waals surface area contributed by atoms with Crippen LogP contribution in [0.15, 0.2) is 35.1 Å². The monoisotopic (exact) mass is 485 g/mol. The number of para-hydroxylation sites is 1. The fraction of sp³-hybridized carbons (Fsp3) is 0.480. The van der Waals surface area contributed by atoms with Gasteiger partial charge in [0.2, 0.25) is 0 Å². The normalized spacial score (nSPS) is 15.5. The number of fused-ring (bicyclic) bond motifs is 1. The first-order chi connectivity index (χ1) is 16.5. The largest absolute Gasteiger partial charge is 0.491 e. The van der Waals surface area contributed by atoms with E-state index in [1.54, 1.807) is 6.92 Å². The average molecular weight is 486 g/mol. The number of esters is 1. The predicted molar refractivity (Wildman–Crippen MR) is 132 cm³/mol. The third-order valence-corrected chi connectivity index (χ3v) is 7.46. The molecule has 4 rings (SSSR count). The molecular formula is C25H31N3O5S. The minimum atomic E-state index is -0.688. The van der Waals surface area contributed by atoms with Gasteiger partial charge in [-0.1, -0.05) is 37.5 Å². The van der Waals surface area contributed by atoms with Gasteiger partial charge < -0.3 is 19.6 Å². The van der Waals surface area contributed by atoms with Crippen LogP contribution in [0.5, 0.6) is 5.75 Å². The van der Waals surface area contributed by atoms with E-state index in [-0.39, 0.29) is 12.2 Å². The number of thiophene rings is 1. The SMILES string of the molecule is COC(=O)c1sc2nc(CN(C[C@H](O)COc3ccccc3)C3CCCCC3)[nH]c(=O)c2c1C. The predicted octanol–water partition coefficient (Wildman–Crippen LogP) is 3.65. The number of hydrogen-bond acceptors (Lipinski definition) is 8. The number of benzene rings is 1. The van der Waals surface area contributed by atoms with E-state index in [0.717, 1.165) is 31.4 Å². The lowest BCUT2D eigenvalue weighted by molar-refractivity contribution is 0.0387. The van der Waals surface area contributed by atoms with E-state index in [4.69, 9.17) is 9.47 Å². The van der Waals surface area contributed by atoms with Gasteiger partial charge in [0.15, 0.2) is 0 Å². The number of methoxy groups -OCH3 is 1. The molecular weight excluding hydrogens is 454 g/mol. The Labute approximate surface area is 202 Å². The van der Waals surface area contributed by atoms with Crippen molar-refractivity contribution in [1.29, 1.82) is 0 Å². The number of aromatic amines is 1. The highest BCUT2D eigenvalue weighted by Gasteiger charge is 2.26. The van der Waals surface area contributed by atoms with Crippen molar-refractivity contribution in [3.8, 4) is 5.75 Å². The first-order valence-corrected chi connectivity index (χ1v) is 12.5. The lowest BCUT2D eigenvalue weighted by Gasteiger charge is -2.35. The summed E-state index contributed by atoms with van der Waals surface area (Å²) in [5.74, 6) is 0.778.